The summed E-state index contributed by atoms with van der Waals surface area (Å²) in [5.74, 6) is 4.51. The molecule has 0 radical (unpaired) electrons. The molecule has 1 saturated carbocycles. The highest BCUT2D eigenvalue weighted by molar-refractivity contribution is 14.1. The Hall–Kier alpha value is 0.470. The van der Waals surface area contributed by atoms with Crippen LogP contribution in [-0.2, 0) is 0 Å². The summed E-state index contributed by atoms with van der Waals surface area (Å²) < 4.78 is 0.893. The van der Waals surface area contributed by atoms with Crippen LogP contribution in [0.1, 0.15) is 85.5 Å². The minimum Gasteiger partial charge on any atom is -0.0848 e. The molecule has 0 bridgehead atoms. The molecule has 2 aliphatic carbocycles. The quantitative estimate of drug-likeness (QED) is 0.183. The molecule has 0 aromatic rings. The standard InChI is InChI=1S/C21H37I/c1-5-6-7-10-16(3)20-14-18(13-17(4)21(20)22)19-12-9-8-11-15(19)2/h12,15-18,20-21H,5-11,13-14H2,1-4H3/t15?,16-,17+,18?,20?,21?/m0/s1. The second-order valence-electron chi connectivity index (χ2n) is 8.26. The van der Waals surface area contributed by atoms with Crippen LogP contribution >= 0.6 is 22.6 Å². The summed E-state index contributed by atoms with van der Waals surface area (Å²) in [6.45, 7) is 9.86. The summed E-state index contributed by atoms with van der Waals surface area (Å²) in [7, 11) is 0. The zero-order chi connectivity index (χ0) is 16.1. The second kappa shape index (κ2) is 9.08. The Kier molecular flexibility index (Phi) is 7.76. The molecule has 0 nitrogen and oxygen atoms in total. The van der Waals surface area contributed by atoms with Crippen LogP contribution in [0.3, 0.4) is 0 Å². The van der Waals surface area contributed by atoms with E-state index >= 15 is 0 Å². The van der Waals surface area contributed by atoms with Crippen molar-refractivity contribution in [2.75, 3.05) is 0 Å². The van der Waals surface area contributed by atoms with Crippen molar-refractivity contribution in [3.63, 3.8) is 0 Å². The zero-order valence-corrected chi connectivity index (χ0v) is 17.4. The summed E-state index contributed by atoms with van der Waals surface area (Å²) >= 11 is 2.79. The normalized spacial score (nSPS) is 37.7. The van der Waals surface area contributed by atoms with Gasteiger partial charge < -0.3 is 0 Å². The molecule has 4 unspecified atom stereocenters. The van der Waals surface area contributed by atoms with Crippen LogP contribution in [0.5, 0.6) is 0 Å². The first-order chi connectivity index (χ1) is 10.5. The smallest absolute Gasteiger partial charge is 0.0166 e. The van der Waals surface area contributed by atoms with Gasteiger partial charge in [-0.2, -0.15) is 0 Å². The topological polar surface area (TPSA) is 0 Å². The van der Waals surface area contributed by atoms with E-state index < -0.39 is 0 Å². The van der Waals surface area contributed by atoms with E-state index in [1.54, 1.807) is 0 Å². The molecule has 1 heteroatoms. The molecule has 0 aromatic heterocycles. The Labute approximate surface area is 153 Å². The van der Waals surface area contributed by atoms with Gasteiger partial charge in [-0.1, -0.05) is 87.6 Å². The van der Waals surface area contributed by atoms with Gasteiger partial charge in [-0.05, 0) is 61.7 Å². The Morgan fingerprint density at radius 3 is 2.68 bits per heavy atom. The van der Waals surface area contributed by atoms with Crippen LogP contribution in [0.4, 0.5) is 0 Å². The molecule has 2 rings (SSSR count). The maximum absolute atomic E-state index is 2.79. The predicted molar refractivity (Wildman–Crippen MR) is 108 cm³/mol. The molecule has 0 aliphatic heterocycles. The summed E-state index contributed by atoms with van der Waals surface area (Å²) in [4.78, 5) is 0. The van der Waals surface area contributed by atoms with Crippen LogP contribution < -0.4 is 0 Å². The van der Waals surface area contributed by atoms with Crippen molar-refractivity contribution in [1.82, 2.24) is 0 Å². The van der Waals surface area contributed by atoms with Crippen molar-refractivity contribution in [2.24, 2.45) is 29.6 Å². The van der Waals surface area contributed by atoms with Gasteiger partial charge in [0.1, 0.15) is 0 Å². The van der Waals surface area contributed by atoms with Crippen molar-refractivity contribution in [3.8, 4) is 0 Å². The molecule has 0 spiro atoms. The van der Waals surface area contributed by atoms with Gasteiger partial charge in [0.2, 0.25) is 0 Å². The van der Waals surface area contributed by atoms with Crippen molar-refractivity contribution in [3.05, 3.63) is 11.6 Å². The van der Waals surface area contributed by atoms with Gasteiger partial charge in [0.15, 0.2) is 0 Å². The maximum Gasteiger partial charge on any atom is 0.0166 e. The molecule has 22 heavy (non-hydrogen) atoms. The Bertz CT molecular complexity index is 359. The lowest BCUT2D eigenvalue weighted by Gasteiger charge is -2.43. The molecule has 0 N–H and O–H groups in total. The number of hydrogen-bond donors (Lipinski definition) is 0. The number of alkyl halides is 1. The first kappa shape index (κ1) is 18.8. The molecule has 0 amide bonds. The molecule has 0 heterocycles. The first-order valence-corrected chi connectivity index (χ1v) is 11.1. The maximum atomic E-state index is 2.79. The summed E-state index contributed by atoms with van der Waals surface area (Å²) in [6, 6.07) is 0. The average molecular weight is 416 g/mol. The van der Waals surface area contributed by atoms with Crippen molar-refractivity contribution < 1.29 is 0 Å². The predicted octanol–water partition coefficient (Wildman–Crippen LogP) is 7.42. The molecule has 0 aromatic carbocycles. The van der Waals surface area contributed by atoms with Gasteiger partial charge in [0.05, 0.1) is 0 Å². The lowest BCUT2D eigenvalue weighted by Crippen LogP contribution is -2.37. The highest BCUT2D eigenvalue weighted by Gasteiger charge is 2.38. The fourth-order valence-electron chi connectivity index (χ4n) is 4.93. The molecule has 128 valence electrons. The summed E-state index contributed by atoms with van der Waals surface area (Å²) in [6.07, 6.45) is 15.4. The van der Waals surface area contributed by atoms with E-state index in [1.807, 2.05) is 5.57 Å². The van der Waals surface area contributed by atoms with Crippen LogP contribution in [0, 0.1) is 29.6 Å². The minimum atomic E-state index is 0.854. The van der Waals surface area contributed by atoms with E-state index in [0.717, 1.165) is 33.5 Å². The molecule has 1 fully saturated rings. The van der Waals surface area contributed by atoms with Crippen molar-refractivity contribution in [1.29, 1.82) is 0 Å². The van der Waals surface area contributed by atoms with Gasteiger partial charge in [0, 0.05) is 3.92 Å². The summed E-state index contributed by atoms with van der Waals surface area (Å²) in [5, 5.41) is 0. The summed E-state index contributed by atoms with van der Waals surface area (Å²) in [5.41, 5.74) is 1.84. The molecular weight excluding hydrogens is 379 g/mol. The van der Waals surface area contributed by atoms with E-state index in [4.69, 9.17) is 0 Å². The van der Waals surface area contributed by atoms with Crippen LogP contribution in [0.2, 0.25) is 0 Å². The van der Waals surface area contributed by atoms with E-state index in [9.17, 15) is 0 Å². The number of allylic oxidation sites excluding steroid dienone is 2. The number of hydrogen-bond acceptors (Lipinski definition) is 0. The zero-order valence-electron chi connectivity index (χ0n) is 15.3. The number of unbranched alkanes of at least 4 members (excludes halogenated alkanes) is 2. The van der Waals surface area contributed by atoms with Gasteiger partial charge in [0.25, 0.3) is 0 Å². The molecule has 0 saturated heterocycles. The van der Waals surface area contributed by atoms with Crippen LogP contribution in [0.15, 0.2) is 11.6 Å². The van der Waals surface area contributed by atoms with Gasteiger partial charge in [-0.15, -0.1) is 0 Å². The van der Waals surface area contributed by atoms with Gasteiger partial charge >= 0.3 is 0 Å². The SMILES string of the molecule is CCCCC[C@H](C)C1CC(C2=CCCCC2C)C[C@@H](C)C1I. The molecule has 6 atom stereocenters. The van der Waals surface area contributed by atoms with E-state index in [-0.39, 0.29) is 0 Å². The van der Waals surface area contributed by atoms with E-state index in [0.29, 0.717) is 0 Å². The third-order valence-electron chi connectivity index (χ3n) is 6.42. The largest absolute Gasteiger partial charge is 0.0848 e. The Balaban J connectivity index is 2.01. The lowest BCUT2D eigenvalue weighted by molar-refractivity contribution is 0.177. The first-order valence-electron chi connectivity index (χ1n) is 9.88. The Morgan fingerprint density at radius 2 is 2.00 bits per heavy atom. The molecular formula is C21H37I. The van der Waals surface area contributed by atoms with Crippen molar-refractivity contribution in [2.45, 2.75) is 89.4 Å². The monoisotopic (exact) mass is 416 g/mol. The van der Waals surface area contributed by atoms with E-state index in [2.05, 4.69) is 56.4 Å². The highest BCUT2D eigenvalue weighted by Crippen LogP contribution is 2.47. The fraction of sp³-hybridized carbons (Fsp3) is 0.905. The van der Waals surface area contributed by atoms with E-state index in [1.165, 1.54) is 57.8 Å². The number of halogens is 1. The second-order valence-corrected chi connectivity index (χ2v) is 9.70. The third-order valence-corrected chi connectivity index (χ3v) is 8.57. The fourth-order valence-corrected chi connectivity index (χ4v) is 6.23. The van der Waals surface area contributed by atoms with Crippen LogP contribution in [0.25, 0.3) is 0 Å². The van der Waals surface area contributed by atoms with Crippen molar-refractivity contribution >= 4 is 22.6 Å². The Morgan fingerprint density at radius 1 is 1.23 bits per heavy atom. The van der Waals surface area contributed by atoms with Gasteiger partial charge in [-0.25, -0.2) is 0 Å². The third kappa shape index (κ3) is 4.74. The minimum absolute atomic E-state index is 0.854. The molecule has 2 aliphatic rings. The highest BCUT2D eigenvalue weighted by atomic mass is 127. The van der Waals surface area contributed by atoms with Crippen LogP contribution in [-0.4, -0.2) is 3.92 Å². The van der Waals surface area contributed by atoms with Gasteiger partial charge in [-0.3, -0.25) is 0 Å². The number of rotatable bonds is 6. The average Bonchev–Trinajstić information content (AvgIpc) is 2.50. The lowest BCUT2D eigenvalue weighted by atomic mass is 9.65.